The molecule has 27 heavy (non-hydrogen) atoms. The number of benzene rings is 1. The lowest BCUT2D eigenvalue weighted by atomic mass is 10.00. The Morgan fingerprint density at radius 2 is 1.96 bits per heavy atom. The predicted octanol–water partition coefficient (Wildman–Crippen LogP) is 2.38. The highest BCUT2D eigenvalue weighted by Gasteiger charge is 2.29. The number of nitrogens with two attached hydrogens (primary N) is 1. The minimum atomic E-state index is -3.70. The first-order valence-electron chi connectivity index (χ1n) is 9.34. The van der Waals surface area contributed by atoms with Crippen LogP contribution in [0.4, 0.5) is 11.6 Å². The lowest BCUT2D eigenvalue weighted by Gasteiger charge is -2.30. The summed E-state index contributed by atoms with van der Waals surface area (Å²) in [6.07, 6.45) is 3.13. The zero-order chi connectivity index (χ0) is 19.2. The Balaban J connectivity index is 1.65. The Labute approximate surface area is 160 Å². The molecule has 4 rings (SSSR count). The highest BCUT2D eigenvalue weighted by Crippen LogP contribution is 2.39. The quantitative estimate of drug-likeness (QED) is 0.817. The van der Waals surface area contributed by atoms with E-state index in [1.54, 1.807) is 12.1 Å². The number of primary sulfonamides is 1. The molecule has 3 N–H and O–H groups in total. The SMILES string of the molecule is CC(C)Nc1cc(N2CCc3ccc(S(N)(=O)=O)cc3C2)nc(C2CC2)n1. The van der Waals surface area contributed by atoms with Gasteiger partial charge in [-0.05, 0) is 56.4 Å². The molecule has 8 heteroatoms. The van der Waals surface area contributed by atoms with E-state index in [-0.39, 0.29) is 4.90 Å². The van der Waals surface area contributed by atoms with Gasteiger partial charge in [-0.2, -0.15) is 0 Å². The molecule has 0 bridgehead atoms. The van der Waals surface area contributed by atoms with Gasteiger partial charge in [0.15, 0.2) is 0 Å². The summed E-state index contributed by atoms with van der Waals surface area (Å²) in [5, 5.41) is 8.67. The molecule has 0 spiro atoms. The summed E-state index contributed by atoms with van der Waals surface area (Å²) < 4.78 is 23.4. The summed E-state index contributed by atoms with van der Waals surface area (Å²) in [5.74, 6) is 3.10. The zero-order valence-corrected chi connectivity index (χ0v) is 16.5. The van der Waals surface area contributed by atoms with E-state index >= 15 is 0 Å². The van der Waals surface area contributed by atoms with E-state index in [0.29, 0.717) is 18.5 Å². The number of sulfonamides is 1. The Hall–Kier alpha value is -2.19. The third kappa shape index (κ3) is 4.06. The molecule has 1 saturated carbocycles. The maximum absolute atomic E-state index is 11.7. The highest BCUT2D eigenvalue weighted by atomic mass is 32.2. The molecular formula is C19H25N5O2S. The minimum absolute atomic E-state index is 0.159. The first kappa shape index (κ1) is 18.2. The van der Waals surface area contributed by atoms with Crippen LogP contribution < -0.4 is 15.4 Å². The summed E-state index contributed by atoms with van der Waals surface area (Å²) in [4.78, 5) is 11.8. The van der Waals surface area contributed by atoms with Gasteiger partial charge in [0.2, 0.25) is 10.0 Å². The van der Waals surface area contributed by atoms with Crippen LogP contribution in [0.5, 0.6) is 0 Å². The van der Waals surface area contributed by atoms with Crippen molar-refractivity contribution in [3.05, 3.63) is 41.2 Å². The van der Waals surface area contributed by atoms with Crippen LogP contribution in [0.3, 0.4) is 0 Å². The minimum Gasteiger partial charge on any atom is -0.368 e. The molecule has 0 unspecified atom stereocenters. The molecule has 0 atom stereocenters. The van der Waals surface area contributed by atoms with Crippen molar-refractivity contribution in [3.63, 3.8) is 0 Å². The Kier molecular flexibility index (Phi) is 4.55. The fourth-order valence-corrected chi connectivity index (χ4v) is 3.98. The lowest BCUT2D eigenvalue weighted by molar-refractivity contribution is 0.597. The first-order valence-corrected chi connectivity index (χ1v) is 10.9. The predicted molar refractivity (Wildman–Crippen MR) is 105 cm³/mol. The first-order chi connectivity index (χ1) is 12.8. The molecule has 144 valence electrons. The number of nitrogens with zero attached hydrogens (tertiary/aromatic N) is 3. The summed E-state index contributed by atoms with van der Waals surface area (Å²) in [7, 11) is -3.70. The standard InChI is InChI=1S/C19H25N5O2S/c1-12(2)21-17-10-18(23-19(22-17)14-3-4-14)24-8-7-13-5-6-16(27(20,25)26)9-15(13)11-24/h5-6,9-10,12,14H,3-4,7-8,11H2,1-2H3,(H2,20,25,26)(H,21,22,23). The van der Waals surface area contributed by atoms with Crippen molar-refractivity contribution in [2.45, 2.75) is 56.5 Å². The molecule has 0 amide bonds. The van der Waals surface area contributed by atoms with Crippen molar-refractivity contribution in [1.29, 1.82) is 0 Å². The van der Waals surface area contributed by atoms with Crippen molar-refractivity contribution in [2.75, 3.05) is 16.8 Å². The highest BCUT2D eigenvalue weighted by molar-refractivity contribution is 7.89. The van der Waals surface area contributed by atoms with E-state index in [0.717, 1.165) is 54.4 Å². The van der Waals surface area contributed by atoms with Gasteiger partial charge in [0, 0.05) is 31.1 Å². The maximum Gasteiger partial charge on any atom is 0.238 e. The van der Waals surface area contributed by atoms with Gasteiger partial charge >= 0.3 is 0 Å². The van der Waals surface area contributed by atoms with E-state index in [1.165, 1.54) is 0 Å². The second kappa shape index (κ2) is 6.76. The van der Waals surface area contributed by atoms with Gasteiger partial charge in [-0.25, -0.2) is 23.5 Å². The molecule has 0 saturated heterocycles. The van der Waals surface area contributed by atoms with Gasteiger partial charge in [-0.15, -0.1) is 0 Å². The van der Waals surface area contributed by atoms with Crippen LogP contribution in [0.1, 0.15) is 49.6 Å². The number of hydrogen-bond donors (Lipinski definition) is 2. The van der Waals surface area contributed by atoms with Crippen LogP contribution in [-0.2, 0) is 23.0 Å². The second-order valence-electron chi connectivity index (χ2n) is 7.69. The van der Waals surface area contributed by atoms with Gasteiger partial charge in [0.25, 0.3) is 0 Å². The maximum atomic E-state index is 11.7. The van der Waals surface area contributed by atoms with E-state index in [4.69, 9.17) is 10.1 Å². The third-order valence-corrected chi connectivity index (χ3v) is 5.86. The number of hydrogen-bond acceptors (Lipinski definition) is 6. The molecule has 1 fully saturated rings. The topological polar surface area (TPSA) is 101 Å². The van der Waals surface area contributed by atoms with Gasteiger partial charge in [0.1, 0.15) is 17.5 Å². The summed E-state index contributed by atoms with van der Waals surface area (Å²) in [6, 6.07) is 7.42. The lowest BCUT2D eigenvalue weighted by Crippen LogP contribution is -2.32. The smallest absolute Gasteiger partial charge is 0.238 e. The number of aromatic nitrogens is 2. The van der Waals surface area contributed by atoms with Crippen molar-refractivity contribution >= 4 is 21.7 Å². The zero-order valence-electron chi connectivity index (χ0n) is 15.6. The number of fused-ring (bicyclic) bond motifs is 1. The van der Waals surface area contributed by atoms with E-state index in [9.17, 15) is 8.42 Å². The summed E-state index contributed by atoms with van der Waals surface area (Å²) >= 11 is 0. The van der Waals surface area contributed by atoms with Gasteiger partial charge in [0.05, 0.1) is 4.90 Å². The molecule has 1 aromatic heterocycles. The fraction of sp³-hybridized carbons (Fsp3) is 0.474. The Morgan fingerprint density at radius 1 is 1.19 bits per heavy atom. The van der Waals surface area contributed by atoms with Crippen molar-refractivity contribution < 1.29 is 8.42 Å². The van der Waals surface area contributed by atoms with E-state index in [2.05, 4.69) is 29.0 Å². The molecule has 2 aromatic rings. The molecule has 2 aliphatic rings. The molecule has 7 nitrogen and oxygen atoms in total. The van der Waals surface area contributed by atoms with Gasteiger partial charge in [-0.1, -0.05) is 6.07 Å². The molecule has 1 aromatic carbocycles. The third-order valence-electron chi connectivity index (χ3n) is 4.95. The molecule has 1 aliphatic heterocycles. The average Bonchev–Trinajstić information content (AvgIpc) is 3.44. The van der Waals surface area contributed by atoms with Gasteiger partial charge < -0.3 is 10.2 Å². The van der Waals surface area contributed by atoms with Crippen LogP contribution >= 0.6 is 0 Å². The summed E-state index contributed by atoms with van der Waals surface area (Å²) in [5.41, 5.74) is 2.15. The monoisotopic (exact) mass is 387 g/mol. The van der Waals surface area contributed by atoms with Crippen LogP contribution in [0.15, 0.2) is 29.2 Å². The van der Waals surface area contributed by atoms with Crippen LogP contribution in [0.2, 0.25) is 0 Å². The van der Waals surface area contributed by atoms with E-state index < -0.39 is 10.0 Å². The molecule has 2 heterocycles. The van der Waals surface area contributed by atoms with Crippen LogP contribution in [-0.4, -0.2) is 31.0 Å². The van der Waals surface area contributed by atoms with E-state index in [1.807, 2.05) is 12.1 Å². The second-order valence-corrected chi connectivity index (χ2v) is 9.25. The average molecular weight is 388 g/mol. The molecule has 0 radical (unpaired) electrons. The van der Waals surface area contributed by atoms with Crippen molar-refractivity contribution in [2.24, 2.45) is 5.14 Å². The Morgan fingerprint density at radius 3 is 2.63 bits per heavy atom. The number of rotatable bonds is 5. The molecule has 1 aliphatic carbocycles. The largest absolute Gasteiger partial charge is 0.368 e. The number of anilines is 2. The number of nitrogens with one attached hydrogen (secondary N) is 1. The van der Waals surface area contributed by atoms with Crippen LogP contribution in [0.25, 0.3) is 0 Å². The fourth-order valence-electron chi connectivity index (χ4n) is 3.41. The Bertz CT molecular complexity index is 970. The molecular weight excluding hydrogens is 362 g/mol. The van der Waals surface area contributed by atoms with Crippen molar-refractivity contribution in [3.8, 4) is 0 Å². The van der Waals surface area contributed by atoms with Crippen LogP contribution in [0, 0.1) is 0 Å². The normalized spacial score (nSPS) is 17.1. The van der Waals surface area contributed by atoms with Crippen molar-refractivity contribution in [1.82, 2.24) is 9.97 Å². The van der Waals surface area contributed by atoms with Gasteiger partial charge in [-0.3, -0.25) is 0 Å². The summed E-state index contributed by atoms with van der Waals surface area (Å²) in [6.45, 7) is 5.62.